The van der Waals surface area contributed by atoms with Crippen molar-refractivity contribution in [2.75, 3.05) is 7.05 Å². The van der Waals surface area contributed by atoms with E-state index in [1.807, 2.05) is 25.1 Å². The van der Waals surface area contributed by atoms with Crippen LogP contribution >= 0.6 is 0 Å². The molecule has 2 aromatic rings. The number of oxazole rings is 1. The minimum Gasteiger partial charge on any atom is -0.438 e. The normalized spacial score (nSPS) is 16.6. The fourth-order valence-corrected chi connectivity index (χ4v) is 2.03. The van der Waals surface area contributed by atoms with E-state index in [1.165, 1.54) is 0 Å². The Hall–Kier alpha value is -2.04. The molecule has 0 bridgehead atoms. The molecule has 18 heavy (non-hydrogen) atoms. The number of urea groups is 1. The van der Waals surface area contributed by atoms with Crippen molar-refractivity contribution < 1.29 is 9.21 Å². The van der Waals surface area contributed by atoms with Gasteiger partial charge >= 0.3 is 6.03 Å². The Labute approximate surface area is 105 Å². The molecule has 2 amide bonds. The summed E-state index contributed by atoms with van der Waals surface area (Å²) in [6, 6.07) is 5.70. The molecule has 0 radical (unpaired) electrons. The number of nitrogens with zero attached hydrogens (tertiary/aromatic N) is 1. The van der Waals surface area contributed by atoms with Crippen LogP contribution in [0.15, 0.2) is 22.6 Å². The lowest BCUT2D eigenvalue weighted by Crippen LogP contribution is -2.40. The van der Waals surface area contributed by atoms with Gasteiger partial charge in [-0.15, -0.1) is 0 Å². The fourth-order valence-electron chi connectivity index (χ4n) is 2.03. The van der Waals surface area contributed by atoms with Crippen LogP contribution in [0, 0.1) is 6.92 Å². The molecule has 2 N–H and O–H groups in total. The Morgan fingerprint density at radius 1 is 1.44 bits per heavy atom. The minimum absolute atomic E-state index is 0.203. The molecule has 94 valence electrons. The summed E-state index contributed by atoms with van der Waals surface area (Å²) >= 11 is 0. The first-order chi connectivity index (χ1) is 8.63. The smallest absolute Gasteiger partial charge is 0.315 e. The number of amides is 2. The number of carbonyl (C=O) groups is 1. The van der Waals surface area contributed by atoms with E-state index in [9.17, 15) is 4.79 Å². The van der Waals surface area contributed by atoms with Gasteiger partial charge in [-0.1, -0.05) is 6.07 Å². The second-order valence-electron chi connectivity index (χ2n) is 4.78. The van der Waals surface area contributed by atoms with Crippen molar-refractivity contribution in [1.29, 1.82) is 0 Å². The van der Waals surface area contributed by atoms with E-state index in [1.54, 1.807) is 7.05 Å². The topological polar surface area (TPSA) is 67.2 Å². The molecule has 0 atom stereocenters. The highest BCUT2D eigenvalue weighted by atomic mass is 16.4. The van der Waals surface area contributed by atoms with Crippen molar-refractivity contribution in [3.63, 3.8) is 0 Å². The van der Waals surface area contributed by atoms with Crippen LogP contribution in [0.2, 0.25) is 0 Å². The predicted octanol–water partition coefficient (Wildman–Crippen LogP) is 2.05. The molecule has 0 saturated heterocycles. The van der Waals surface area contributed by atoms with Gasteiger partial charge in [-0.3, -0.25) is 0 Å². The summed E-state index contributed by atoms with van der Waals surface area (Å²) in [7, 11) is 1.60. The van der Waals surface area contributed by atoms with E-state index in [2.05, 4.69) is 15.6 Å². The largest absolute Gasteiger partial charge is 0.438 e. The zero-order chi connectivity index (χ0) is 12.8. The lowest BCUT2D eigenvalue weighted by Gasteiger charge is -2.12. The molecule has 1 aromatic heterocycles. The number of rotatable bonds is 2. The first kappa shape index (κ1) is 11.1. The van der Waals surface area contributed by atoms with Crippen molar-refractivity contribution >= 4 is 17.1 Å². The summed E-state index contributed by atoms with van der Waals surface area (Å²) in [6.45, 7) is 2.01. The summed E-state index contributed by atoms with van der Waals surface area (Å²) < 4.78 is 5.77. The predicted molar refractivity (Wildman–Crippen MR) is 67.2 cm³/mol. The lowest BCUT2D eigenvalue weighted by atomic mass is 10.2. The number of hydrogen-bond donors (Lipinski definition) is 2. The van der Waals surface area contributed by atoms with Crippen LogP contribution < -0.4 is 10.6 Å². The number of benzene rings is 1. The molecule has 1 saturated carbocycles. The summed E-state index contributed by atoms with van der Waals surface area (Å²) in [4.78, 5) is 15.9. The Bertz CT molecular complexity index is 614. The van der Waals surface area contributed by atoms with E-state index in [4.69, 9.17) is 4.42 Å². The van der Waals surface area contributed by atoms with Crippen LogP contribution in [-0.2, 0) is 5.54 Å². The maximum Gasteiger partial charge on any atom is 0.315 e. The minimum atomic E-state index is -0.410. The van der Waals surface area contributed by atoms with Crippen molar-refractivity contribution in [2.45, 2.75) is 25.3 Å². The average Bonchev–Trinajstić information content (AvgIpc) is 3.00. The summed E-state index contributed by atoms with van der Waals surface area (Å²) in [6.07, 6.45) is 1.73. The first-order valence-corrected chi connectivity index (χ1v) is 6.00. The molecule has 3 rings (SSSR count). The lowest BCUT2D eigenvalue weighted by molar-refractivity contribution is 0.235. The molecular formula is C13H15N3O2. The van der Waals surface area contributed by atoms with Gasteiger partial charge in [0.15, 0.2) is 5.58 Å². The quantitative estimate of drug-likeness (QED) is 0.851. The number of aryl methyl sites for hydroxylation is 1. The molecule has 5 nitrogen and oxygen atoms in total. The Morgan fingerprint density at radius 2 is 2.22 bits per heavy atom. The number of carbonyl (C=O) groups excluding carboxylic acids is 1. The van der Waals surface area contributed by atoms with E-state index in [-0.39, 0.29) is 6.03 Å². The van der Waals surface area contributed by atoms with Crippen molar-refractivity contribution in [3.05, 3.63) is 29.7 Å². The molecular weight excluding hydrogens is 230 g/mol. The number of hydrogen-bond acceptors (Lipinski definition) is 3. The van der Waals surface area contributed by atoms with Gasteiger partial charge < -0.3 is 15.1 Å². The molecule has 0 aliphatic heterocycles. The van der Waals surface area contributed by atoms with Crippen molar-refractivity contribution in [1.82, 2.24) is 15.6 Å². The van der Waals surface area contributed by atoms with Gasteiger partial charge in [-0.05, 0) is 37.5 Å². The second kappa shape index (κ2) is 3.73. The molecule has 0 unspecified atom stereocenters. The van der Waals surface area contributed by atoms with Gasteiger partial charge in [0.25, 0.3) is 0 Å². The van der Waals surface area contributed by atoms with Gasteiger partial charge in [-0.2, -0.15) is 0 Å². The van der Waals surface area contributed by atoms with E-state index in [0.29, 0.717) is 5.89 Å². The number of fused-ring (bicyclic) bond motifs is 1. The monoisotopic (exact) mass is 245 g/mol. The first-order valence-electron chi connectivity index (χ1n) is 6.00. The molecule has 1 aliphatic carbocycles. The van der Waals surface area contributed by atoms with Gasteiger partial charge in [0.1, 0.15) is 11.1 Å². The maximum atomic E-state index is 11.4. The Kier molecular flexibility index (Phi) is 2.29. The highest BCUT2D eigenvalue weighted by Gasteiger charge is 2.50. The van der Waals surface area contributed by atoms with Crippen LogP contribution in [0.4, 0.5) is 4.79 Å². The van der Waals surface area contributed by atoms with Crippen molar-refractivity contribution in [2.24, 2.45) is 0 Å². The van der Waals surface area contributed by atoms with Gasteiger partial charge in [0, 0.05) is 7.05 Å². The summed E-state index contributed by atoms with van der Waals surface area (Å²) in [5, 5.41) is 5.46. The second-order valence-corrected chi connectivity index (χ2v) is 4.78. The molecule has 1 aliphatic rings. The summed E-state index contributed by atoms with van der Waals surface area (Å²) in [5.74, 6) is 0.603. The summed E-state index contributed by atoms with van der Waals surface area (Å²) in [5.41, 5.74) is 2.33. The van der Waals surface area contributed by atoms with Crippen LogP contribution in [0.25, 0.3) is 11.1 Å². The van der Waals surface area contributed by atoms with Gasteiger partial charge in [-0.25, -0.2) is 9.78 Å². The highest BCUT2D eigenvalue weighted by molar-refractivity contribution is 5.76. The Morgan fingerprint density at radius 3 is 2.89 bits per heavy atom. The van der Waals surface area contributed by atoms with Crippen LogP contribution in [0.1, 0.15) is 24.3 Å². The van der Waals surface area contributed by atoms with E-state index in [0.717, 1.165) is 29.5 Å². The Balaban J connectivity index is 1.97. The van der Waals surface area contributed by atoms with Gasteiger partial charge in [0.2, 0.25) is 5.89 Å². The standard InChI is InChI=1S/C13H15N3O2/c1-8-3-4-9-10(7-8)18-11(15-9)13(5-6-13)16-12(17)14-2/h3-4,7H,5-6H2,1-2H3,(H2,14,16,17). The van der Waals surface area contributed by atoms with Crippen LogP contribution in [0.3, 0.4) is 0 Å². The molecule has 1 heterocycles. The fraction of sp³-hybridized carbons (Fsp3) is 0.385. The van der Waals surface area contributed by atoms with Crippen LogP contribution in [0.5, 0.6) is 0 Å². The van der Waals surface area contributed by atoms with Gasteiger partial charge in [0.05, 0.1) is 0 Å². The number of nitrogens with one attached hydrogen (secondary N) is 2. The third-order valence-corrected chi connectivity index (χ3v) is 3.28. The zero-order valence-electron chi connectivity index (χ0n) is 10.4. The average molecular weight is 245 g/mol. The van der Waals surface area contributed by atoms with Crippen molar-refractivity contribution in [3.8, 4) is 0 Å². The molecule has 5 heteroatoms. The number of aromatic nitrogens is 1. The molecule has 1 fully saturated rings. The van der Waals surface area contributed by atoms with Crippen LogP contribution in [-0.4, -0.2) is 18.1 Å². The molecule has 0 spiro atoms. The van der Waals surface area contributed by atoms with E-state index < -0.39 is 5.54 Å². The maximum absolute atomic E-state index is 11.4. The highest BCUT2D eigenvalue weighted by Crippen LogP contribution is 2.45. The third kappa shape index (κ3) is 1.72. The third-order valence-electron chi connectivity index (χ3n) is 3.28. The zero-order valence-corrected chi connectivity index (χ0v) is 10.4. The molecule has 1 aromatic carbocycles. The SMILES string of the molecule is CNC(=O)NC1(c2nc3ccc(C)cc3o2)CC1. The van der Waals surface area contributed by atoms with E-state index >= 15 is 0 Å².